The SMILES string of the molecule is O=C(O)c1cn(Cc2cccnc2)c(=O)[nH]1. The van der Waals surface area contributed by atoms with Crippen LogP contribution in [0.3, 0.4) is 0 Å². The largest absolute Gasteiger partial charge is 0.477 e. The molecule has 0 saturated heterocycles. The van der Waals surface area contributed by atoms with Crippen molar-refractivity contribution in [3.05, 3.63) is 52.5 Å². The van der Waals surface area contributed by atoms with E-state index in [0.29, 0.717) is 6.54 Å². The molecule has 6 heteroatoms. The Morgan fingerprint density at radius 2 is 2.38 bits per heavy atom. The number of rotatable bonds is 3. The van der Waals surface area contributed by atoms with Gasteiger partial charge in [0.15, 0.2) is 0 Å². The molecule has 2 aromatic rings. The van der Waals surface area contributed by atoms with E-state index in [2.05, 4.69) is 9.97 Å². The number of carbonyl (C=O) groups is 1. The number of aromatic amines is 1. The average Bonchev–Trinajstić information content (AvgIpc) is 2.62. The highest BCUT2D eigenvalue weighted by Gasteiger charge is 2.09. The minimum Gasteiger partial charge on any atom is -0.477 e. The maximum Gasteiger partial charge on any atom is 0.353 e. The number of imidazole rings is 1. The van der Waals surface area contributed by atoms with Crippen LogP contribution in [0, 0.1) is 0 Å². The first-order valence-corrected chi connectivity index (χ1v) is 4.58. The fourth-order valence-corrected chi connectivity index (χ4v) is 1.35. The molecule has 16 heavy (non-hydrogen) atoms. The fraction of sp³-hybridized carbons (Fsp3) is 0.100. The molecular weight excluding hydrogens is 210 g/mol. The lowest BCUT2D eigenvalue weighted by atomic mass is 10.3. The minimum atomic E-state index is -1.15. The molecule has 0 aromatic carbocycles. The summed E-state index contributed by atoms with van der Waals surface area (Å²) in [6.45, 7) is 0.302. The second-order valence-corrected chi connectivity index (χ2v) is 3.27. The van der Waals surface area contributed by atoms with Gasteiger partial charge in [-0.3, -0.25) is 9.55 Å². The summed E-state index contributed by atoms with van der Waals surface area (Å²) in [5.41, 5.74) is 0.274. The lowest BCUT2D eigenvalue weighted by Gasteiger charge is -1.99. The van der Waals surface area contributed by atoms with Crippen LogP contribution in [0.2, 0.25) is 0 Å². The van der Waals surface area contributed by atoms with Gasteiger partial charge in [0.05, 0.1) is 6.54 Å². The van der Waals surface area contributed by atoms with Gasteiger partial charge in [0.1, 0.15) is 5.69 Å². The summed E-state index contributed by atoms with van der Waals surface area (Å²) < 4.78 is 1.29. The molecule has 2 aromatic heterocycles. The highest BCUT2D eigenvalue weighted by Crippen LogP contribution is 1.99. The number of aromatic carboxylic acids is 1. The van der Waals surface area contributed by atoms with Crippen molar-refractivity contribution in [3.8, 4) is 0 Å². The number of hydrogen-bond acceptors (Lipinski definition) is 3. The van der Waals surface area contributed by atoms with Crippen LogP contribution in [0.5, 0.6) is 0 Å². The van der Waals surface area contributed by atoms with Crippen molar-refractivity contribution in [2.45, 2.75) is 6.54 Å². The Kier molecular flexibility index (Phi) is 2.55. The van der Waals surface area contributed by atoms with Gasteiger partial charge < -0.3 is 10.1 Å². The topological polar surface area (TPSA) is 88.0 Å². The van der Waals surface area contributed by atoms with Crippen LogP contribution in [0.1, 0.15) is 16.1 Å². The Morgan fingerprint density at radius 1 is 1.56 bits per heavy atom. The normalized spacial score (nSPS) is 10.2. The fourth-order valence-electron chi connectivity index (χ4n) is 1.35. The number of carboxylic acids is 1. The number of pyridine rings is 1. The molecule has 0 radical (unpaired) electrons. The maximum absolute atomic E-state index is 11.4. The number of hydrogen-bond donors (Lipinski definition) is 2. The van der Waals surface area contributed by atoms with E-state index in [4.69, 9.17) is 5.11 Å². The van der Waals surface area contributed by atoms with E-state index in [0.717, 1.165) is 5.56 Å². The average molecular weight is 219 g/mol. The Balaban J connectivity index is 2.29. The summed E-state index contributed by atoms with van der Waals surface area (Å²) in [5.74, 6) is -1.15. The first-order chi connectivity index (χ1) is 7.66. The predicted octanol–water partition coefficient (Wildman–Crippen LogP) is 0.318. The Morgan fingerprint density at radius 3 is 2.94 bits per heavy atom. The summed E-state index contributed by atoms with van der Waals surface area (Å²) in [7, 11) is 0. The first kappa shape index (κ1) is 10.2. The van der Waals surface area contributed by atoms with Gasteiger partial charge in [-0.1, -0.05) is 6.07 Å². The van der Waals surface area contributed by atoms with Gasteiger partial charge in [0.2, 0.25) is 0 Å². The molecule has 0 aliphatic heterocycles. The van der Waals surface area contributed by atoms with E-state index < -0.39 is 11.7 Å². The molecular formula is C10H9N3O3. The third kappa shape index (κ3) is 2.00. The maximum atomic E-state index is 11.4. The molecule has 0 bridgehead atoms. The van der Waals surface area contributed by atoms with Crippen molar-refractivity contribution in [2.24, 2.45) is 0 Å². The van der Waals surface area contributed by atoms with E-state index in [9.17, 15) is 9.59 Å². The van der Waals surface area contributed by atoms with E-state index in [1.807, 2.05) is 6.07 Å². The summed E-state index contributed by atoms with van der Waals surface area (Å²) in [5, 5.41) is 8.69. The van der Waals surface area contributed by atoms with Crippen molar-refractivity contribution in [2.75, 3.05) is 0 Å². The summed E-state index contributed by atoms with van der Waals surface area (Å²) in [6.07, 6.45) is 4.53. The van der Waals surface area contributed by atoms with Crippen LogP contribution < -0.4 is 5.69 Å². The van der Waals surface area contributed by atoms with Gasteiger partial charge in [-0.25, -0.2) is 9.59 Å². The van der Waals surface area contributed by atoms with E-state index in [1.165, 1.54) is 10.8 Å². The molecule has 6 nitrogen and oxygen atoms in total. The Hall–Kier alpha value is -2.37. The molecule has 2 rings (SSSR count). The van der Waals surface area contributed by atoms with Gasteiger partial charge in [-0.05, 0) is 11.6 Å². The zero-order chi connectivity index (χ0) is 11.5. The van der Waals surface area contributed by atoms with Crippen LogP contribution in [-0.2, 0) is 6.54 Å². The van der Waals surface area contributed by atoms with Crippen molar-refractivity contribution in [1.29, 1.82) is 0 Å². The summed E-state index contributed by atoms with van der Waals surface area (Å²) in [6, 6.07) is 3.57. The molecule has 0 fully saturated rings. The number of nitrogens with zero attached hydrogens (tertiary/aromatic N) is 2. The van der Waals surface area contributed by atoms with Crippen LogP contribution in [0.15, 0.2) is 35.5 Å². The van der Waals surface area contributed by atoms with Crippen LogP contribution in [0.4, 0.5) is 0 Å². The summed E-state index contributed by atoms with van der Waals surface area (Å²) >= 11 is 0. The quantitative estimate of drug-likeness (QED) is 0.778. The van der Waals surface area contributed by atoms with Crippen molar-refractivity contribution >= 4 is 5.97 Å². The minimum absolute atomic E-state index is 0.117. The van der Waals surface area contributed by atoms with E-state index in [1.54, 1.807) is 18.5 Å². The van der Waals surface area contributed by atoms with Gasteiger partial charge >= 0.3 is 11.7 Å². The zero-order valence-corrected chi connectivity index (χ0v) is 8.25. The highest BCUT2D eigenvalue weighted by molar-refractivity contribution is 5.84. The molecule has 0 aliphatic carbocycles. The smallest absolute Gasteiger partial charge is 0.353 e. The lowest BCUT2D eigenvalue weighted by molar-refractivity contribution is 0.0691. The monoisotopic (exact) mass is 219 g/mol. The lowest BCUT2D eigenvalue weighted by Crippen LogP contribution is -2.16. The third-order valence-electron chi connectivity index (χ3n) is 2.09. The molecule has 0 amide bonds. The number of H-pyrrole nitrogens is 1. The van der Waals surface area contributed by atoms with Gasteiger partial charge in [-0.15, -0.1) is 0 Å². The Bertz CT molecular complexity index is 556. The van der Waals surface area contributed by atoms with Gasteiger partial charge in [0.25, 0.3) is 0 Å². The van der Waals surface area contributed by atoms with Gasteiger partial charge in [0, 0.05) is 18.6 Å². The number of aromatic nitrogens is 3. The molecule has 2 heterocycles. The molecule has 0 aliphatic rings. The standard InChI is InChI=1S/C10H9N3O3/c14-9(15)8-6-13(10(16)12-8)5-7-2-1-3-11-4-7/h1-4,6H,5H2,(H,12,16)(H,14,15). The number of nitrogens with one attached hydrogen (secondary N) is 1. The highest BCUT2D eigenvalue weighted by atomic mass is 16.4. The zero-order valence-electron chi connectivity index (χ0n) is 8.25. The van der Waals surface area contributed by atoms with Crippen LogP contribution in [-0.4, -0.2) is 25.6 Å². The molecule has 0 atom stereocenters. The summed E-state index contributed by atoms with van der Waals surface area (Å²) in [4.78, 5) is 28.2. The van der Waals surface area contributed by atoms with Gasteiger partial charge in [-0.2, -0.15) is 0 Å². The van der Waals surface area contributed by atoms with Crippen LogP contribution >= 0.6 is 0 Å². The predicted molar refractivity (Wildman–Crippen MR) is 55.4 cm³/mol. The molecule has 2 N–H and O–H groups in total. The number of carboxylic acid groups (broad SMARTS) is 1. The van der Waals surface area contributed by atoms with Crippen LogP contribution in [0.25, 0.3) is 0 Å². The third-order valence-corrected chi connectivity index (χ3v) is 2.09. The van der Waals surface area contributed by atoms with Crippen molar-refractivity contribution < 1.29 is 9.90 Å². The van der Waals surface area contributed by atoms with E-state index in [-0.39, 0.29) is 5.69 Å². The first-order valence-electron chi connectivity index (χ1n) is 4.58. The second kappa shape index (κ2) is 4.01. The van der Waals surface area contributed by atoms with Crippen molar-refractivity contribution in [1.82, 2.24) is 14.5 Å². The molecule has 0 saturated carbocycles. The molecule has 0 spiro atoms. The molecule has 0 unspecified atom stereocenters. The Labute approximate surface area is 90.2 Å². The van der Waals surface area contributed by atoms with E-state index >= 15 is 0 Å². The van der Waals surface area contributed by atoms with Crippen molar-refractivity contribution in [3.63, 3.8) is 0 Å². The molecule has 82 valence electrons. The second-order valence-electron chi connectivity index (χ2n) is 3.27.